The van der Waals surface area contributed by atoms with Gasteiger partial charge in [-0.2, -0.15) is 5.10 Å². The second-order valence-corrected chi connectivity index (χ2v) is 6.29. The molecule has 0 saturated heterocycles. The summed E-state index contributed by atoms with van der Waals surface area (Å²) in [7, 11) is 0. The number of hydrogen-bond donors (Lipinski definition) is 1. The monoisotopic (exact) mass is 296 g/mol. The average molecular weight is 296 g/mol. The van der Waals surface area contributed by atoms with Crippen LogP contribution < -0.4 is 5.43 Å². The van der Waals surface area contributed by atoms with Gasteiger partial charge in [0.25, 0.3) is 0 Å². The Bertz CT molecular complexity index is 637. The predicted octanol–water partition coefficient (Wildman–Crippen LogP) is 4.34. The highest BCUT2D eigenvalue weighted by Crippen LogP contribution is 2.34. The van der Waals surface area contributed by atoms with Crippen LogP contribution >= 0.6 is 23.1 Å². The molecule has 1 aliphatic heterocycles. The van der Waals surface area contributed by atoms with E-state index in [2.05, 4.69) is 10.5 Å². The molecule has 0 spiro atoms. The summed E-state index contributed by atoms with van der Waals surface area (Å²) in [6, 6.07) is 5.42. The first kappa shape index (κ1) is 12.6. The van der Waals surface area contributed by atoms with E-state index in [4.69, 9.17) is 0 Å². The van der Waals surface area contributed by atoms with Crippen LogP contribution in [0.1, 0.15) is 12.0 Å². The van der Waals surface area contributed by atoms with Crippen molar-refractivity contribution in [3.8, 4) is 0 Å². The van der Waals surface area contributed by atoms with E-state index >= 15 is 0 Å². The minimum atomic E-state index is -0.639. The Morgan fingerprint density at radius 1 is 1.21 bits per heavy atom. The van der Waals surface area contributed by atoms with Crippen LogP contribution in [0.2, 0.25) is 0 Å². The van der Waals surface area contributed by atoms with Crippen LogP contribution in [0.4, 0.5) is 14.5 Å². The molecule has 2 aromatic rings. The van der Waals surface area contributed by atoms with E-state index in [0.717, 1.165) is 29.5 Å². The first-order valence-electron chi connectivity index (χ1n) is 5.72. The normalized spacial score (nSPS) is 16.4. The molecule has 2 nitrogen and oxygen atoms in total. The van der Waals surface area contributed by atoms with Gasteiger partial charge in [-0.3, -0.25) is 5.43 Å². The number of halogens is 2. The molecule has 0 fully saturated rings. The van der Waals surface area contributed by atoms with Crippen molar-refractivity contribution in [1.82, 2.24) is 0 Å². The average Bonchev–Trinajstić information content (AvgIpc) is 2.86. The molecular weight excluding hydrogens is 286 g/mol. The molecule has 0 unspecified atom stereocenters. The van der Waals surface area contributed by atoms with Gasteiger partial charge in [-0.1, -0.05) is 0 Å². The maximum absolute atomic E-state index is 13.5. The highest BCUT2D eigenvalue weighted by molar-refractivity contribution is 8.01. The molecule has 19 heavy (non-hydrogen) atoms. The van der Waals surface area contributed by atoms with Gasteiger partial charge in [-0.05, 0) is 23.6 Å². The summed E-state index contributed by atoms with van der Waals surface area (Å²) in [4.78, 5) is 0. The number of nitrogens with one attached hydrogen (secondary N) is 1. The Morgan fingerprint density at radius 2 is 2.11 bits per heavy atom. The van der Waals surface area contributed by atoms with E-state index in [-0.39, 0.29) is 5.69 Å². The van der Waals surface area contributed by atoms with Crippen molar-refractivity contribution in [3.05, 3.63) is 46.8 Å². The molecule has 1 aromatic heterocycles. The van der Waals surface area contributed by atoms with E-state index in [1.807, 2.05) is 23.2 Å². The third-order valence-electron chi connectivity index (χ3n) is 2.76. The van der Waals surface area contributed by atoms with Crippen molar-refractivity contribution < 1.29 is 8.78 Å². The first-order valence-corrected chi connectivity index (χ1v) is 7.59. The van der Waals surface area contributed by atoms with Crippen LogP contribution in [-0.2, 0) is 0 Å². The molecule has 0 amide bonds. The Labute approximate surface area is 117 Å². The van der Waals surface area contributed by atoms with Crippen LogP contribution in [0.5, 0.6) is 0 Å². The van der Waals surface area contributed by atoms with Gasteiger partial charge in [-0.15, -0.1) is 23.1 Å². The lowest BCUT2D eigenvalue weighted by atomic mass is 10.1. The molecule has 0 bridgehead atoms. The minimum absolute atomic E-state index is 0.184. The highest BCUT2D eigenvalue weighted by Gasteiger charge is 2.17. The summed E-state index contributed by atoms with van der Waals surface area (Å²) < 4.78 is 27.5. The van der Waals surface area contributed by atoms with E-state index in [1.165, 1.54) is 16.3 Å². The fraction of sp³-hybridized carbons (Fsp3) is 0.154. The van der Waals surface area contributed by atoms with Crippen LogP contribution in [0, 0.1) is 11.6 Å². The van der Waals surface area contributed by atoms with Crippen LogP contribution in [-0.4, -0.2) is 11.5 Å². The maximum atomic E-state index is 13.5. The third kappa shape index (κ3) is 2.64. The summed E-state index contributed by atoms with van der Waals surface area (Å²) >= 11 is 3.50. The zero-order chi connectivity index (χ0) is 13.2. The largest absolute Gasteiger partial charge is 0.275 e. The summed E-state index contributed by atoms with van der Waals surface area (Å²) in [6.07, 6.45) is 0.838. The Kier molecular flexibility index (Phi) is 3.52. The van der Waals surface area contributed by atoms with Crippen molar-refractivity contribution in [1.29, 1.82) is 0 Å². The summed E-state index contributed by atoms with van der Waals surface area (Å²) in [5.74, 6) is -0.259. The zero-order valence-electron chi connectivity index (χ0n) is 9.82. The Balaban J connectivity index is 1.84. The molecule has 0 radical (unpaired) electrons. The van der Waals surface area contributed by atoms with Crippen LogP contribution in [0.15, 0.2) is 39.0 Å². The lowest BCUT2D eigenvalue weighted by Gasteiger charge is -2.13. The summed E-state index contributed by atoms with van der Waals surface area (Å²) in [6.45, 7) is 0. The Morgan fingerprint density at radius 3 is 2.95 bits per heavy atom. The fourth-order valence-electron chi connectivity index (χ4n) is 1.82. The molecular formula is C13H10F2N2S2. The number of hydrazone groups is 1. The lowest BCUT2D eigenvalue weighted by Crippen LogP contribution is -2.10. The molecule has 0 saturated carbocycles. The maximum Gasteiger partial charge on any atom is 0.151 e. The zero-order valence-corrected chi connectivity index (χ0v) is 11.5. The van der Waals surface area contributed by atoms with E-state index in [9.17, 15) is 8.78 Å². The van der Waals surface area contributed by atoms with Crippen LogP contribution in [0.3, 0.4) is 0 Å². The second-order valence-electron chi connectivity index (χ2n) is 4.01. The molecule has 98 valence electrons. The number of fused-ring (bicyclic) bond motifs is 1. The molecule has 1 aromatic carbocycles. The van der Waals surface area contributed by atoms with E-state index in [0.29, 0.717) is 0 Å². The molecule has 1 N–H and O–H groups in total. The van der Waals surface area contributed by atoms with Crippen molar-refractivity contribution in [2.75, 3.05) is 11.2 Å². The number of hydrogen-bond acceptors (Lipinski definition) is 4. The molecule has 2 heterocycles. The van der Waals surface area contributed by atoms with Gasteiger partial charge in [0.15, 0.2) is 5.82 Å². The van der Waals surface area contributed by atoms with Gasteiger partial charge < -0.3 is 0 Å². The number of thiophene rings is 1. The van der Waals surface area contributed by atoms with Crippen LogP contribution in [0.25, 0.3) is 0 Å². The van der Waals surface area contributed by atoms with E-state index < -0.39 is 11.6 Å². The van der Waals surface area contributed by atoms with Gasteiger partial charge >= 0.3 is 0 Å². The minimum Gasteiger partial charge on any atom is -0.275 e. The third-order valence-corrected chi connectivity index (χ3v) is 4.99. The smallest absolute Gasteiger partial charge is 0.151 e. The van der Waals surface area contributed by atoms with Crippen molar-refractivity contribution in [3.63, 3.8) is 0 Å². The molecule has 6 heteroatoms. The van der Waals surface area contributed by atoms with Gasteiger partial charge in [0, 0.05) is 23.8 Å². The van der Waals surface area contributed by atoms with Crippen molar-refractivity contribution in [2.24, 2.45) is 5.10 Å². The van der Waals surface area contributed by atoms with Crippen molar-refractivity contribution >= 4 is 34.5 Å². The van der Waals surface area contributed by atoms with Gasteiger partial charge in [-0.25, -0.2) is 8.78 Å². The predicted molar refractivity (Wildman–Crippen MR) is 76.2 cm³/mol. The number of thioether (sulfide) groups is 1. The number of nitrogens with zero attached hydrogens (tertiary/aromatic N) is 1. The lowest BCUT2D eigenvalue weighted by molar-refractivity contribution is 0.585. The van der Waals surface area contributed by atoms with Gasteiger partial charge in [0.1, 0.15) is 5.82 Å². The second kappa shape index (κ2) is 5.30. The molecule has 0 atom stereocenters. The Hall–Kier alpha value is -1.40. The molecule has 0 aliphatic carbocycles. The quantitative estimate of drug-likeness (QED) is 0.834. The topological polar surface area (TPSA) is 24.4 Å². The van der Waals surface area contributed by atoms with E-state index in [1.54, 1.807) is 11.3 Å². The number of benzene rings is 1. The highest BCUT2D eigenvalue weighted by atomic mass is 32.2. The standard InChI is InChI=1S/C13H10F2N2S2/c14-8-1-2-12(10(15)7-8)17-16-11-4-6-19-13-9(11)3-5-18-13/h1-3,5,7,17H,4,6H2/b16-11+. The SMILES string of the molecule is Fc1ccc(N/N=C2\CCSc3sccc32)c(F)c1. The summed E-state index contributed by atoms with van der Waals surface area (Å²) in [5.41, 5.74) is 4.89. The molecule has 1 aliphatic rings. The van der Waals surface area contributed by atoms with Crippen molar-refractivity contribution in [2.45, 2.75) is 10.6 Å². The number of rotatable bonds is 2. The molecule has 3 rings (SSSR count). The fourth-order valence-corrected chi connectivity index (χ4v) is 3.97. The summed E-state index contributed by atoms with van der Waals surface area (Å²) in [5, 5.41) is 6.28. The van der Waals surface area contributed by atoms with Gasteiger partial charge in [0.05, 0.1) is 15.6 Å². The number of anilines is 1. The van der Waals surface area contributed by atoms with Gasteiger partial charge in [0.2, 0.25) is 0 Å². The first-order chi connectivity index (χ1) is 9.24.